The lowest BCUT2D eigenvalue weighted by atomic mass is 10.0. The zero-order chi connectivity index (χ0) is 20.4. The number of amides is 1. The largest absolute Gasteiger partial charge is 0.441 e. The lowest BCUT2D eigenvalue weighted by Crippen LogP contribution is -2.27. The van der Waals surface area contributed by atoms with Crippen LogP contribution in [0.1, 0.15) is 28.6 Å². The van der Waals surface area contributed by atoms with Gasteiger partial charge in [0, 0.05) is 18.3 Å². The predicted molar refractivity (Wildman–Crippen MR) is 116 cm³/mol. The molecule has 0 aliphatic carbocycles. The highest BCUT2D eigenvalue weighted by Crippen LogP contribution is 2.25. The molecule has 0 spiro atoms. The van der Waals surface area contributed by atoms with Crippen molar-refractivity contribution in [2.75, 3.05) is 10.6 Å². The van der Waals surface area contributed by atoms with Gasteiger partial charge in [-0.05, 0) is 60.9 Å². The van der Waals surface area contributed by atoms with Crippen molar-refractivity contribution in [1.29, 1.82) is 0 Å². The van der Waals surface area contributed by atoms with E-state index in [-0.39, 0.29) is 5.91 Å². The Morgan fingerprint density at radius 2 is 1.62 bits per heavy atom. The van der Waals surface area contributed by atoms with Crippen LogP contribution in [0.2, 0.25) is 0 Å². The van der Waals surface area contributed by atoms with Gasteiger partial charge in [0.25, 0.3) is 5.91 Å². The van der Waals surface area contributed by atoms with Crippen LogP contribution < -0.4 is 10.6 Å². The van der Waals surface area contributed by atoms with Gasteiger partial charge in [-0.25, -0.2) is 4.98 Å². The van der Waals surface area contributed by atoms with Crippen LogP contribution in [-0.4, -0.2) is 10.9 Å². The Hall–Kier alpha value is -3.60. The standard InChI is InChI=1S/C24H23N3O2/c1-15-11-16(2)13-20(12-15)27-24(28)23(18-7-5-4-6-8-18)26-19-9-10-22-21(14-19)25-17(3)29-22/h4-14,23,26H,1-3H3,(H,27,28)/t23-/m0/s1. The Bertz CT molecular complexity index is 1150. The van der Waals surface area contributed by atoms with Gasteiger partial charge in [0.05, 0.1) is 0 Å². The summed E-state index contributed by atoms with van der Waals surface area (Å²) < 4.78 is 5.54. The molecule has 146 valence electrons. The molecule has 0 fully saturated rings. The fourth-order valence-electron chi connectivity index (χ4n) is 3.51. The third-order valence-electron chi connectivity index (χ3n) is 4.69. The quantitative estimate of drug-likeness (QED) is 0.473. The molecule has 3 aromatic carbocycles. The maximum absolute atomic E-state index is 13.2. The summed E-state index contributed by atoms with van der Waals surface area (Å²) in [6, 6.07) is 20.8. The number of nitrogens with one attached hydrogen (secondary N) is 2. The first kappa shape index (κ1) is 18.7. The normalized spacial score (nSPS) is 12.0. The number of oxazole rings is 1. The number of benzene rings is 3. The van der Waals surface area contributed by atoms with E-state index in [4.69, 9.17) is 4.42 Å². The van der Waals surface area contributed by atoms with Crippen molar-refractivity contribution in [3.63, 3.8) is 0 Å². The summed E-state index contributed by atoms with van der Waals surface area (Å²) in [5.41, 5.74) is 6.17. The van der Waals surface area contributed by atoms with Crippen LogP contribution in [0.25, 0.3) is 11.1 Å². The Labute approximate surface area is 169 Å². The number of rotatable bonds is 5. The Morgan fingerprint density at radius 3 is 2.34 bits per heavy atom. The van der Waals surface area contributed by atoms with Gasteiger partial charge < -0.3 is 15.1 Å². The number of fused-ring (bicyclic) bond motifs is 1. The molecule has 2 N–H and O–H groups in total. The van der Waals surface area contributed by atoms with Gasteiger partial charge in [0.15, 0.2) is 11.5 Å². The molecule has 5 nitrogen and oxygen atoms in total. The van der Waals surface area contributed by atoms with Crippen molar-refractivity contribution < 1.29 is 9.21 Å². The summed E-state index contributed by atoms with van der Waals surface area (Å²) in [5.74, 6) is 0.488. The van der Waals surface area contributed by atoms with Gasteiger partial charge in [-0.15, -0.1) is 0 Å². The smallest absolute Gasteiger partial charge is 0.251 e. The van der Waals surface area contributed by atoms with Crippen LogP contribution in [0.15, 0.2) is 71.1 Å². The lowest BCUT2D eigenvalue weighted by Gasteiger charge is -2.20. The monoisotopic (exact) mass is 385 g/mol. The first-order valence-corrected chi connectivity index (χ1v) is 9.56. The Morgan fingerprint density at radius 1 is 0.897 bits per heavy atom. The summed E-state index contributed by atoms with van der Waals surface area (Å²) in [7, 11) is 0. The molecule has 4 aromatic rings. The molecular formula is C24H23N3O2. The molecule has 4 rings (SSSR count). The van der Waals surface area contributed by atoms with Crippen molar-refractivity contribution in [2.24, 2.45) is 0 Å². The second-order valence-corrected chi connectivity index (χ2v) is 7.27. The number of aromatic nitrogens is 1. The molecule has 29 heavy (non-hydrogen) atoms. The minimum atomic E-state index is -0.553. The van der Waals surface area contributed by atoms with Gasteiger partial charge >= 0.3 is 0 Å². The Kier molecular flexibility index (Phi) is 5.04. The van der Waals surface area contributed by atoms with Gasteiger partial charge in [0.2, 0.25) is 0 Å². The van der Waals surface area contributed by atoms with Crippen molar-refractivity contribution in [3.05, 3.63) is 89.3 Å². The second kappa shape index (κ2) is 7.80. The highest BCUT2D eigenvalue weighted by molar-refractivity contribution is 5.97. The van der Waals surface area contributed by atoms with Crippen LogP contribution in [0.3, 0.4) is 0 Å². The van der Waals surface area contributed by atoms with E-state index in [9.17, 15) is 4.79 Å². The first-order chi connectivity index (χ1) is 14.0. The molecule has 5 heteroatoms. The highest BCUT2D eigenvalue weighted by atomic mass is 16.3. The Balaban J connectivity index is 1.64. The summed E-state index contributed by atoms with van der Waals surface area (Å²) in [4.78, 5) is 17.6. The van der Waals surface area contributed by atoms with E-state index in [1.54, 1.807) is 0 Å². The minimum Gasteiger partial charge on any atom is -0.441 e. The molecule has 0 aliphatic rings. The van der Waals surface area contributed by atoms with Gasteiger partial charge in [0.1, 0.15) is 11.6 Å². The number of aryl methyl sites for hydroxylation is 3. The van der Waals surface area contributed by atoms with E-state index >= 15 is 0 Å². The summed E-state index contributed by atoms with van der Waals surface area (Å²) in [6.07, 6.45) is 0. The zero-order valence-electron chi connectivity index (χ0n) is 16.7. The van der Waals surface area contributed by atoms with Crippen LogP contribution in [0.4, 0.5) is 11.4 Å². The van der Waals surface area contributed by atoms with Crippen molar-refractivity contribution in [3.8, 4) is 0 Å². The minimum absolute atomic E-state index is 0.127. The number of nitrogens with zero attached hydrogens (tertiary/aromatic N) is 1. The van der Waals surface area contributed by atoms with Crippen molar-refractivity contribution in [2.45, 2.75) is 26.8 Å². The van der Waals surface area contributed by atoms with Gasteiger partial charge in [-0.2, -0.15) is 0 Å². The van der Waals surface area contributed by atoms with Crippen LogP contribution in [0, 0.1) is 20.8 Å². The molecule has 0 unspecified atom stereocenters. The molecule has 1 atom stereocenters. The average molecular weight is 385 g/mol. The molecular weight excluding hydrogens is 362 g/mol. The number of anilines is 2. The molecule has 0 saturated carbocycles. The number of hydrogen-bond acceptors (Lipinski definition) is 4. The fourth-order valence-corrected chi connectivity index (χ4v) is 3.51. The SMILES string of the molecule is Cc1cc(C)cc(NC(=O)[C@@H](Nc2ccc3oc(C)nc3c2)c2ccccc2)c1. The third kappa shape index (κ3) is 4.29. The predicted octanol–water partition coefficient (Wildman–Crippen LogP) is 5.54. The average Bonchev–Trinajstić information content (AvgIpc) is 3.05. The van der Waals surface area contributed by atoms with E-state index in [2.05, 4.69) is 21.7 Å². The molecule has 1 amide bonds. The van der Waals surface area contributed by atoms with Crippen LogP contribution in [-0.2, 0) is 4.79 Å². The molecule has 0 aliphatic heterocycles. The van der Waals surface area contributed by atoms with Crippen molar-refractivity contribution >= 4 is 28.4 Å². The van der Waals surface area contributed by atoms with E-state index < -0.39 is 6.04 Å². The summed E-state index contributed by atoms with van der Waals surface area (Å²) in [5, 5.41) is 6.40. The highest BCUT2D eigenvalue weighted by Gasteiger charge is 2.21. The zero-order valence-corrected chi connectivity index (χ0v) is 16.7. The van der Waals surface area contributed by atoms with Crippen LogP contribution in [0.5, 0.6) is 0 Å². The topological polar surface area (TPSA) is 67.2 Å². The molecule has 1 heterocycles. The van der Waals surface area contributed by atoms with Crippen molar-refractivity contribution in [1.82, 2.24) is 4.98 Å². The van der Waals surface area contributed by atoms with Gasteiger partial charge in [-0.1, -0.05) is 36.4 Å². The molecule has 0 saturated heterocycles. The van der Waals surface area contributed by atoms with E-state index in [1.807, 2.05) is 81.4 Å². The first-order valence-electron chi connectivity index (χ1n) is 9.56. The van der Waals surface area contributed by atoms with E-state index in [1.165, 1.54) is 0 Å². The second-order valence-electron chi connectivity index (χ2n) is 7.27. The molecule has 0 bridgehead atoms. The van der Waals surface area contributed by atoms with Crippen LogP contribution >= 0.6 is 0 Å². The molecule has 1 aromatic heterocycles. The van der Waals surface area contributed by atoms with Gasteiger partial charge in [-0.3, -0.25) is 4.79 Å². The summed E-state index contributed by atoms with van der Waals surface area (Å²) >= 11 is 0. The van der Waals surface area contributed by atoms with E-state index in [0.717, 1.165) is 39.2 Å². The maximum atomic E-state index is 13.2. The lowest BCUT2D eigenvalue weighted by molar-refractivity contribution is -0.117. The number of hydrogen-bond donors (Lipinski definition) is 2. The number of carbonyl (C=O) groups is 1. The summed E-state index contributed by atoms with van der Waals surface area (Å²) in [6.45, 7) is 5.85. The van der Waals surface area contributed by atoms with E-state index in [0.29, 0.717) is 5.89 Å². The fraction of sp³-hybridized carbons (Fsp3) is 0.167. The number of carbonyl (C=O) groups excluding carboxylic acids is 1. The maximum Gasteiger partial charge on any atom is 0.251 e. The third-order valence-corrected chi connectivity index (χ3v) is 4.69. The molecule has 0 radical (unpaired) electrons.